The zero-order chi connectivity index (χ0) is 29.7. The third kappa shape index (κ3) is 5.25. The molecule has 5 rings (SSSR count). The van der Waals surface area contributed by atoms with Gasteiger partial charge in [0.25, 0.3) is 0 Å². The molecule has 2 fully saturated rings. The van der Waals surface area contributed by atoms with E-state index in [1.54, 1.807) is 0 Å². The lowest BCUT2D eigenvalue weighted by Crippen LogP contribution is -2.59. The van der Waals surface area contributed by atoms with Gasteiger partial charge in [-0.1, -0.05) is 0 Å². The molecule has 2 saturated heterocycles. The first-order chi connectivity index (χ1) is 19.4. The Hall–Kier alpha value is -3.31. The lowest BCUT2D eigenvalue weighted by molar-refractivity contribution is -0.308. The molecule has 9 N–H and O–H groups in total. The van der Waals surface area contributed by atoms with Gasteiger partial charge in [0.05, 0.1) is 18.3 Å². The van der Waals surface area contributed by atoms with E-state index >= 15 is 0 Å². The molecule has 0 amide bonds. The van der Waals surface area contributed by atoms with Crippen LogP contribution < -0.4 is 5.43 Å². The fraction of sp³-hybridized carbons (Fsp3) is 0.444. The molecule has 222 valence electrons. The Kier molecular flexibility index (Phi) is 7.95. The molecule has 0 spiro atoms. The number of hydrogen-bond donors (Lipinski definition) is 9. The molecule has 0 unspecified atom stereocenters. The molecule has 2 aliphatic heterocycles. The molecule has 0 radical (unpaired) electrons. The van der Waals surface area contributed by atoms with Crippen LogP contribution in [0.15, 0.2) is 45.6 Å². The molecule has 1 aromatic heterocycles. The SMILES string of the molecule is C[C@@H]1O[C@H](OC[C@H]2O[C@H](c3c(O)cc4oc(-c5ccc(O)cc5)cc(=O)c4c3O)[C@H](O)[C@@H](O)[C@@H]2O)[C@H](O)[C@H](O)[C@H]1O. The van der Waals surface area contributed by atoms with Gasteiger partial charge in [0.1, 0.15) is 82.8 Å². The van der Waals surface area contributed by atoms with Gasteiger partial charge in [-0.2, -0.15) is 0 Å². The first kappa shape index (κ1) is 29.2. The van der Waals surface area contributed by atoms with Gasteiger partial charge < -0.3 is 64.6 Å². The van der Waals surface area contributed by atoms with Crippen LogP contribution in [0.3, 0.4) is 0 Å². The minimum atomic E-state index is -1.88. The number of benzene rings is 2. The van der Waals surface area contributed by atoms with Crippen LogP contribution in [-0.2, 0) is 14.2 Å². The summed E-state index contributed by atoms with van der Waals surface area (Å²) in [7, 11) is 0. The number of aliphatic hydroxyl groups excluding tert-OH is 6. The molecule has 41 heavy (non-hydrogen) atoms. The number of aromatic hydroxyl groups is 3. The average molecular weight is 579 g/mol. The molecule has 0 bridgehead atoms. The zero-order valence-electron chi connectivity index (χ0n) is 21.5. The van der Waals surface area contributed by atoms with Gasteiger partial charge in [-0.05, 0) is 31.2 Å². The van der Waals surface area contributed by atoms with Crippen molar-refractivity contribution >= 4 is 11.0 Å². The number of ether oxygens (including phenoxy) is 3. The Bertz CT molecular complexity index is 1460. The molecule has 2 aliphatic rings. The van der Waals surface area contributed by atoms with Gasteiger partial charge in [0, 0.05) is 17.7 Å². The van der Waals surface area contributed by atoms with E-state index in [4.69, 9.17) is 18.6 Å². The van der Waals surface area contributed by atoms with Crippen molar-refractivity contribution in [2.45, 2.75) is 68.1 Å². The maximum atomic E-state index is 13.0. The Balaban J connectivity index is 1.44. The predicted molar refractivity (Wildman–Crippen MR) is 137 cm³/mol. The Morgan fingerprint density at radius 2 is 1.46 bits per heavy atom. The highest BCUT2D eigenvalue weighted by atomic mass is 16.7. The molecule has 10 atom stereocenters. The Labute approximate surface area is 231 Å². The van der Waals surface area contributed by atoms with E-state index in [2.05, 4.69) is 0 Å². The van der Waals surface area contributed by atoms with Crippen LogP contribution in [0.5, 0.6) is 17.2 Å². The van der Waals surface area contributed by atoms with Crippen LogP contribution >= 0.6 is 0 Å². The number of rotatable bonds is 5. The van der Waals surface area contributed by atoms with E-state index in [1.807, 2.05) is 0 Å². The van der Waals surface area contributed by atoms with Crippen molar-refractivity contribution < 1.29 is 64.6 Å². The third-order valence-corrected chi connectivity index (χ3v) is 7.39. The van der Waals surface area contributed by atoms with Crippen molar-refractivity contribution in [2.75, 3.05) is 6.61 Å². The largest absolute Gasteiger partial charge is 0.508 e. The van der Waals surface area contributed by atoms with Gasteiger partial charge in [-0.15, -0.1) is 0 Å². The fourth-order valence-corrected chi connectivity index (χ4v) is 5.02. The van der Waals surface area contributed by atoms with Crippen LogP contribution in [-0.4, -0.2) is 108 Å². The summed E-state index contributed by atoms with van der Waals surface area (Å²) in [6.07, 6.45) is -15.6. The molecule has 0 saturated carbocycles. The van der Waals surface area contributed by atoms with Crippen molar-refractivity contribution in [1.29, 1.82) is 0 Å². The minimum absolute atomic E-state index is 0.00717. The number of phenols is 3. The summed E-state index contributed by atoms with van der Waals surface area (Å²) in [6, 6.07) is 7.86. The van der Waals surface area contributed by atoms with Gasteiger partial charge >= 0.3 is 0 Å². The lowest BCUT2D eigenvalue weighted by Gasteiger charge is -2.43. The maximum Gasteiger partial charge on any atom is 0.197 e. The van der Waals surface area contributed by atoms with Crippen molar-refractivity contribution in [3.05, 3.63) is 52.2 Å². The van der Waals surface area contributed by atoms with Crippen molar-refractivity contribution in [1.82, 2.24) is 0 Å². The van der Waals surface area contributed by atoms with E-state index < -0.39 is 90.3 Å². The minimum Gasteiger partial charge on any atom is -0.508 e. The summed E-state index contributed by atoms with van der Waals surface area (Å²) >= 11 is 0. The maximum absolute atomic E-state index is 13.0. The number of aliphatic hydroxyl groups is 6. The van der Waals surface area contributed by atoms with E-state index in [0.29, 0.717) is 5.56 Å². The molecule has 0 aliphatic carbocycles. The summed E-state index contributed by atoms with van der Waals surface area (Å²) in [6.45, 7) is 0.875. The smallest absolute Gasteiger partial charge is 0.197 e. The fourth-order valence-electron chi connectivity index (χ4n) is 5.02. The van der Waals surface area contributed by atoms with Crippen LogP contribution in [0.25, 0.3) is 22.3 Å². The Morgan fingerprint density at radius 3 is 2.15 bits per heavy atom. The third-order valence-electron chi connectivity index (χ3n) is 7.39. The van der Waals surface area contributed by atoms with Crippen LogP contribution in [0, 0.1) is 0 Å². The normalized spacial score (nSPS) is 34.1. The van der Waals surface area contributed by atoms with Gasteiger partial charge in [0.2, 0.25) is 0 Å². The van der Waals surface area contributed by atoms with E-state index in [-0.39, 0.29) is 22.5 Å². The zero-order valence-corrected chi connectivity index (χ0v) is 21.5. The molecular formula is C27H30O14. The molecule has 3 heterocycles. The molecular weight excluding hydrogens is 548 g/mol. The second-order valence-corrected chi connectivity index (χ2v) is 10.1. The summed E-state index contributed by atoms with van der Waals surface area (Å²) in [4.78, 5) is 13.0. The molecule has 2 aromatic carbocycles. The molecule has 3 aromatic rings. The highest BCUT2D eigenvalue weighted by Gasteiger charge is 2.48. The number of hydrogen-bond acceptors (Lipinski definition) is 14. The molecule has 14 heteroatoms. The summed E-state index contributed by atoms with van der Waals surface area (Å²) in [5, 5.41) is 92.8. The monoisotopic (exact) mass is 578 g/mol. The summed E-state index contributed by atoms with van der Waals surface area (Å²) in [5.74, 6) is -1.38. The van der Waals surface area contributed by atoms with E-state index in [0.717, 1.165) is 12.1 Å². The van der Waals surface area contributed by atoms with Crippen molar-refractivity contribution in [2.24, 2.45) is 0 Å². The predicted octanol–water partition coefficient (Wildman–Crippen LogP) is -1.06. The van der Waals surface area contributed by atoms with Gasteiger partial charge in [0.15, 0.2) is 11.7 Å². The van der Waals surface area contributed by atoms with Crippen molar-refractivity contribution in [3.63, 3.8) is 0 Å². The first-order valence-electron chi connectivity index (χ1n) is 12.7. The number of phenolic OH excluding ortho intramolecular Hbond substituents is 3. The lowest BCUT2D eigenvalue weighted by atomic mass is 9.89. The highest BCUT2D eigenvalue weighted by molar-refractivity contribution is 5.88. The number of fused-ring (bicyclic) bond motifs is 1. The van der Waals surface area contributed by atoms with Crippen LogP contribution in [0.4, 0.5) is 0 Å². The second-order valence-electron chi connectivity index (χ2n) is 10.1. The highest BCUT2D eigenvalue weighted by Crippen LogP contribution is 2.45. The van der Waals surface area contributed by atoms with E-state index in [9.17, 15) is 50.8 Å². The topological polar surface area (TPSA) is 240 Å². The van der Waals surface area contributed by atoms with Gasteiger partial charge in [-0.3, -0.25) is 4.79 Å². The summed E-state index contributed by atoms with van der Waals surface area (Å²) in [5.41, 5.74) is -0.952. The standard InChI is InChI=1S/C27H30O14/c1-9-19(31)22(34)25(37)27(39-9)38-8-16-20(32)23(35)24(36)26(41-16)18-13(30)7-15-17(21(18)33)12(29)6-14(40-15)10-2-4-11(28)5-3-10/h2-7,9,16,19-20,22-28,30-37H,8H2,1H3/t9-,16+,19-,20+,22+,23-,24+,25+,26+,27-/m0/s1. The van der Waals surface area contributed by atoms with Crippen LogP contribution in [0.2, 0.25) is 0 Å². The summed E-state index contributed by atoms with van der Waals surface area (Å²) < 4.78 is 22.2. The Morgan fingerprint density at radius 1 is 0.805 bits per heavy atom. The second kappa shape index (κ2) is 11.2. The molecule has 14 nitrogen and oxygen atoms in total. The van der Waals surface area contributed by atoms with Crippen LogP contribution in [0.1, 0.15) is 18.6 Å². The van der Waals surface area contributed by atoms with Crippen molar-refractivity contribution in [3.8, 4) is 28.6 Å². The average Bonchev–Trinajstić information content (AvgIpc) is 2.93. The van der Waals surface area contributed by atoms with Gasteiger partial charge in [-0.25, -0.2) is 0 Å². The van der Waals surface area contributed by atoms with E-state index in [1.165, 1.54) is 31.2 Å². The first-order valence-corrected chi connectivity index (χ1v) is 12.7. The quantitative estimate of drug-likeness (QED) is 0.175.